The van der Waals surface area contributed by atoms with Gasteiger partial charge in [0.05, 0.1) is 0 Å². The van der Waals surface area contributed by atoms with Crippen LogP contribution in [0.25, 0.3) is 0 Å². The summed E-state index contributed by atoms with van der Waals surface area (Å²) >= 11 is 0. The molecule has 1 unspecified atom stereocenters. The Morgan fingerprint density at radius 3 is 2.11 bits per heavy atom. The summed E-state index contributed by atoms with van der Waals surface area (Å²) in [5.74, 6) is -1.10. The summed E-state index contributed by atoms with van der Waals surface area (Å²) in [7, 11) is 0. The molecule has 0 heterocycles. The summed E-state index contributed by atoms with van der Waals surface area (Å²) in [6.45, 7) is 5.95. The van der Waals surface area contributed by atoms with Crippen LogP contribution in [0, 0.1) is 5.41 Å². The van der Waals surface area contributed by atoms with Crippen molar-refractivity contribution in [3.05, 3.63) is 0 Å². The van der Waals surface area contributed by atoms with Crippen molar-refractivity contribution in [3.8, 4) is 0 Å². The van der Waals surface area contributed by atoms with Crippen molar-refractivity contribution in [2.75, 3.05) is 6.54 Å². The van der Waals surface area contributed by atoms with Crippen molar-refractivity contribution in [1.29, 1.82) is 0 Å². The number of carbonyl (C=O) groups is 2. The molecule has 4 heteroatoms. The van der Waals surface area contributed by atoms with E-state index in [4.69, 9.17) is 5.11 Å². The molecule has 4 nitrogen and oxygen atoms in total. The molecule has 1 amide bonds. The SMILES string of the molecule is CCCCCCC(C)(CCCC)C(=O)NCC(=O)O. The van der Waals surface area contributed by atoms with E-state index in [0.29, 0.717) is 0 Å². The first kappa shape index (κ1) is 17.9. The number of rotatable bonds is 11. The van der Waals surface area contributed by atoms with Gasteiger partial charge in [0.2, 0.25) is 5.91 Å². The van der Waals surface area contributed by atoms with Crippen LogP contribution in [0.5, 0.6) is 0 Å². The van der Waals surface area contributed by atoms with Gasteiger partial charge in [-0.05, 0) is 12.8 Å². The van der Waals surface area contributed by atoms with E-state index in [9.17, 15) is 9.59 Å². The molecule has 112 valence electrons. The van der Waals surface area contributed by atoms with Crippen molar-refractivity contribution in [1.82, 2.24) is 5.32 Å². The average Bonchev–Trinajstić information content (AvgIpc) is 2.38. The minimum Gasteiger partial charge on any atom is -0.480 e. The van der Waals surface area contributed by atoms with E-state index in [1.54, 1.807) is 0 Å². The van der Waals surface area contributed by atoms with Gasteiger partial charge in [-0.1, -0.05) is 59.3 Å². The molecule has 19 heavy (non-hydrogen) atoms. The number of unbranched alkanes of at least 4 members (excludes halogenated alkanes) is 4. The van der Waals surface area contributed by atoms with Gasteiger partial charge in [0.1, 0.15) is 6.54 Å². The molecule has 0 spiro atoms. The van der Waals surface area contributed by atoms with Crippen molar-refractivity contribution in [3.63, 3.8) is 0 Å². The highest BCUT2D eigenvalue weighted by molar-refractivity contribution is 5.85. The summed E-state index contributed by atoms with van der Waals surface area (Å²) in [5.41, 5.74) is -0.417. The first-order valence-electron chi connectivity index (χ1n) is 7.46. The van der Waals surface area contributed by atoms with Crippen molar-refractivity contribution >= 4 is 11.9 Å². The van der Waals surface area contributed by atoms with E-state index in [-0.39, 0.29) is 12.5 Å². The summed E-state index contributed by atoms with van der Waals surface area (Å²) in [4.78, 5) is 22.7. The Kier molecular flexibility index (Phi) is 9.27. The van der Waals surface area contributed by atoms with Crippen LogP contribution in [-0.2, 0) is 9.59 Å². The maximum Gasteiger partial charge on any atom is 0.322 e. The molecular formula is C15H29NO3. The zero-order chi connectivity index (χ0) is 14.7. The van der Waals surface area contributed by atoms with E-state index in [0.717, 1.165) is 38.5 Å². The standard InChI is InChI=1S/C15H29NO3/c1-4-6-8-9-11-15(3,10-7-5-2)14(19)16-12-13(17)18/h4-12H2,1-3H3,(H,16,19)(H,17,18). The summed E-state index contributed by atoms with van der Waals surface area (Å²) in [6, 6.07) is 0. The third-order valence-electron chi connectivity index (χ3n) is 3.61. The second-order valence-electron chi connectivity index (χ2n) is 5.55. The van der Waals surface area contributed by atoms with Crippen molar-refractivity contribution < 1.29 is 14.7 Å². The molecule has 0 aliphatic heterocycles. The van der Waals surface area contributed by atoms with Crippen LogP contribution >= 0.6 is 0 Å². The highest BCUT2D eigenvalue weighted by Crippen LogP contribution is 2.31. The van der Waals surface area contributed by atoms with Crippen molar-refractivity contribution in [2.45, 2.75) is 72.1 Å². The lowest BCUT2D eigenvalue weighted by atomic mass is 9.79. The van der Waals surface area contributed by atoms with E-state index in [1.807, 2.05) is 6.92 Å². The lowest BCUT2D eigenvalue weighted by Gasteiger charge is -2.28. The van der Waals surface area contributed by atoms with Crippen LogP contribution in [0.4, 0.5) is 0 Å². The maximum atomic E-state index is 12.2. The molecule has 0 bridgehead atoms. The van der Waals surface area contributed by atoms with Crippen LogP contribution in [0.3, 0.4) is 0 Å². The molecule has 1 atom stereocenters. The number of hydrogen-bond acceptors (Lipinski definition) is 2. The van der Waals surface area contributed by atoms with Gasteiger partial charge in [-0.2, -0.15) is 0 Å². The highest BCUT2D eigenvalue weighted by atomic mass is 16.4. The van der Waals surface area contributed by atoms with Gasteiger partial charge < -0.3 is 10.4 Å². The Morgan fingerprint density at radius 1 is 1.00 bits per heavy atom. The fourth-order valence-electron chi connectivity index (χ4n) is 2.23. The lowest BCUT2D eigenvalue weighted by molar-refractivity contribution is -0.140. The molecule has 0 aliphatic rings. The molecule has 0 aromatic heterocycles. The number of nitrogens with one attached hydrogen (secondary N) is 1. The van der Waals surface area contributed by atoms with Gasteiger partial charge in [-0.15, -0.1) is 0 Å². The summed E-state index contributed by atoms with van der Waals surface area (Å²) in [6.07, 6.45) is 8.29. The van der Waals surface area contributed by atoms with Crippen LogP contribution in [0.15, 0.2) is 0 Å². The largest absolute Gasteiger partial charge is 0.480 e. The zero-order valence-corrected chi connectivity index (χ0v) is 12.6. The van der Waals surface area contributed by atoms with Crippen LogP contribution < -0.4 is 5.32 Å². The third-order valence-corrected chi connectivity index (χ3v) is 3.61. The fourth-order valence-corrected chi connectivity index (χ4v) is 2.23. The van der Waals surface area contributed by atoms with E-state index in [1.165, 1.54) is 12.8 Å². The number of aliphatic carboxylic acids is 1. The Morgan fingerprint density at radius 2 is 1.58 bits per heavy atom. The number of carbonyl (C=O) groups excluding carboxylic acids is 1. The van der Waals surface area contributed by atoms with Gasteiger partial charge >= 0.3 is 5.97 Å². The van der Waals surface area contributed by atoms with Crippen LogP contribution in [-0.4, -0.2) is 23.5 Å². The van der Waals surface area contributed by atoms with Gasteiger partial charge in [0.25, 0.3) is 0 Å². The van der Waals surface area contributed by atoms with E-state index >= 15 is 0 Å². The first-order chi connectivity index (χ1) is 8.96. The number of carboxylic acid groups (broad SMARTS) is 1. The maximum absolute atomic E-state index is 12.2. The molecule has 0 aromatic rings. The second kappa shape index (κ2) is 9.82. The lowest BCUT2D eigenvalue weighted by Crippen LogP contribution is -2.41. The molecule has 0 rings (SSSR count). The molecule has 2 N–H and O–H groups in total. The molecule has 0 saturated carbocycles. The minimum atomic E-state index is -0.989. The van der Waals surface area contributed by atoms with Gasteiger partial charge in [0, 0.05) is 5.41 Å². The number of hydrogen-bond donors (Lipinski definition) is 2. The zero-order valence-electron chi connectivity index (χ0n) is 12.6. The van der Waals surface area contributed by atoms with E-state index < -0.39 is 11.4 Å². The number of amides is 1. The highest BCUT2D eigenvalue weighted by Gasteiger charge is 2.31. The quantitative estimate of drug-likeness (QED) is 0.566. The smallest absolute Gasteiger partial charge is 0.322 e. The Hall–Kier alpha value is -1.06. The Labute approximate surface area is 117 Å². The van der Waals surface area contributed by atoms with Crippen molar-refractivity contribution in [2.24, 2.45) is 5.41 Å². The Bertz CT molecular complexity index is 279. The second-order valence-corrected chi connectivity index (χ2v) is 5.55. The van der Waals surface area contributed by atoms with Crippen LogP contribution in [0.1, 0.15) is 72.1 Å². The molecule has 0 fully saturated rings. The molecular weight excluding hydrogens is 242 g/mol. The monoisotopic (exact) mass is 271 g/mol. The van der Waals surface area contributed by atoms with Gasteiger partial charge in [-0.25, -0.2) is 0 Å². The predicted octanol–water partition coefficient (Wildman–Crippen LogP) is 3.35. The van der Waals surface area contributed by atoms with Crippen LogP contribution in [0.2, 0.25) is 0 Å². The number of carboxylic acids is 1. The van der Waals surface area contributed by atoms with Gasteiger partial charge in [0.15, 0.2) is 0 Å². The van der Waals surface area contributed by atoms with E-state index in [2.05, 4.69) is 19.2 Å². The normalized spacial score (nSPS) is 13.8. The minimum absolute atomic E-state index is 0.111. The molecule has 0 aliphatic carbocycles. The predicted molar refractivity (Wildman–Crippen MR) is 77.0 cm³/mol. The molecule has 0 saturated heterocycles. The average molecular weight is 271 g/mol. The molecule has 0 aromatic carbocycles. The Balaban J connectivity index is 4.38. The molecule has 0 radical (unpaired) electrons. The summed E-state index contributed by atoms with van der Waals surface area (Å²) in [5, 5.41) is 11.2. The summed E-state index contributed by atoms with van der Waals surface area (Å²) < 4.78 is 0. The topological polar surface area (TPSA) is 66.4 Å². The third kappa shape index (κ3) is 7.85. The van der Waals surface area contributed by atoms with Gasteiger partial charge in [-0.3, -0.25) is 9.59 Å². The fraction of sp³-hybridized carbons (Fsp3) is 0.867. The first-order valence-corrected chi connectivity index (χ1v) is 7.46.